The van der Waals surface area contributed by atoms with E-state index in [1.54, 1.807) is 4.90 Å². The molecule has 1 fully saturated rings. The molecule has 0 spiro atoms. The van der Waals surface area contributed by atoms with Crippen LogP contribution in [0.1, 0.15) is 19.5 Å². The van der Waals surface area contributed by atoms with Gasteiger partial charge in [-0.05, 0) is 13.8 Å². The van der Waals surface area contributed by atoms with Gasteiger partial charge in [-0.1, -0.05) is 0 Å². The molecule has 2 heterocycles. The number of esters is 1. The maximum atomic E-state index is 12.2. The summed E-state index contributed by atoms with van der Waals surface area (Å²) in [5.41, 5.74) is 0.0620. The minimum atomic E-state index is -0.618. The molecule has 0 atom stereocenters. The van der Waals surface area contributed by atoms with Gasteiger partial charge in [-0.3, -0.25) is 9.59 Å². The van der Waals surface area contributed by atoms with Crippen molar-refractivity contribution < 1.29 is 14.3 Å². The molecule has 0 radical (unpaired) electrons. The van der Waals surface area contributed by atoms with Crippen LogP contribution >= 0.6 is 11.3 Å². The Kier molecular flexibility index (Phi) is 3.99. The summed E-state index contributed by atoms with van der Waals surface area (Å²) in [5, 5.41) is 2.61. The molecule has 1 saturated heterocycles. The molecule has 1 aliphatic rings. The number of likely N-dealkylation sites (N-methyl/N-ethyl adjacent to an activating group) is 1. The zero-order valence-corrected chi connectivity index (χ0v) is 13.0. The average molecular weight is 297 g/mol. The summed E-state index contributed by atoms with van der Waals surface area (Å²) in [6, 6.07) is 0. The first-order chi connectivity index (χ1) is 9.36. The van der Waals surface area contributed by atoms with E-state index in [4.69, 9.17) is 0 Å². The minimum Gasteiger partial charge on any atom is -0.469 e. The van der Waals surface area contributed by atoms with Crippen LogP contribution in [0.15, 0.2) is 5.38 Å². The molecule has 1 aliphatic heterocycles. The number of carbonyl (C=O) groups is 2. The minimum absolute atomic E-state index is 0.0773. The number of aromatic nitrogens is 1. The number of amides is 1. The van der Waals surface area contributed by atoms with Crippen molar-refractivity contribution in [2.24, 2.45) is 0 Å². The zero-order chi connectivity index (χ0) is 14.9. The third kappa shape index (κ3) is 2.63. The molecule has 0 N–H and O–H groups in total. The van der Waals surface area contributed by atoms with Crippen molar-refractivity contribution in [1.29, 1.82) is 0 Å². The number of piperazine rings is 1. The molecule has 1 amide bonds. The number of nitrogens with zero attached hydrogens (tertiary/aromatic N) is 3. The second kappa shape index (κ2) is 5.40. The third-order valence-corrected chi connectivity index (χ3v) is 4.44. The quantitative estimate of drug-likeness (QED) is 0.776. The molecular weight excluding hydrogens is 278 g/mol. The maximum absolute atomic E-state index is 12.2. The Morgan fingerprint density at radius 3 is 2.85 bits per heavy atom. The van der Waals surface area contributed by atoms with Gasteiger partial charge >= 0.3 is 5.97 Å². The van der Waals surface area contributed by atoms with Crippen molar-refractivity contribution in [3.05, 3.63) is 11.1 Å². The molecule has 110 valence electrons. The first-order valence-corrected chi connectivity index (χ1v) is 7.28. The van der Waals surface area contributed by atoms with Crippen molar-refractivity contribution in [1.82, 2.24) is 9.88 Å². The Balaban J connectivity index is 2.19. The lowest BCUT2D eigenvalue weighted by molar-refractivity contribution is -0.140. The average Bonchev–Trinajstić information content (AvgIpc) is 2.84. The number of anilines is 1. The summed E-state index contributed by atoms with van der Waals surface area (Å²) >= 11 is 1.45. The van der Waals surface area contributed by atoms with Gasteiger partial charge in [-0.2, -0.15) is 0 Å². The summed E-state index contributed by atoms with van der Waals surface area (Å²) in [6.07, 6.45) is 0.162. The lowest BCUT2D eigenvalue weighted by Gasteiger charge is -2.44. The molecule has 1 aromatic heterocycles. The molecule has 0 aromatic carbocycles. The van der Waals surface area contributed by atoms with E-state index in [0.29, 0.717) is 12.2 Å². The number of carbonyl (C=O) groups excluding carboxylic acids is 2. The van der Waals surface area contributed by atoms with Crippen LogP contribution in [0.2, 0.25) is 0 Å². The highest BCUT2D eigenvalue weighted by atomic mass is 32.1. The number of thiazole rings is 1. The van der Waals surface area contributed by atoms with Crippen LogP contribution in [0.4, 0.5) is 5.13 Å². The van der Waals surface area contributed by atoms with E-state index >= 15 is 0 Å². The zero-order valence-electron chi connectivity index (χ0n) is 12.2. The van der Waals surface area contributed by atoms with Crippen LogP contribution in [0.25, 0.3) is 0 Å². The molecule has 2 rings (SSSR count). The Morgan fingerprint density at radius 2 is 2.20 bits per heavy atom. The van der Waals surface area contributed by atoms with Crippen LogP contribution in [-0.4, -0.2) is 54.5 Å². The number of methoxy groups -OCH3 is 1. The number of hydrogen-bond acceptors (Lipinski definition) is 6. The van der Waals surface area contributed by atoms with Crippen LogP contribution in [-0.2, 0) is 20.7 Å². The highest BCUT2D eigenvalue weighted by Crippen LogP contribution is 2.31. The van der Waals surface area contributed by atoms with E-state index in [2.05, 4.69) is 9.72 Å². The summed E-state index contributed by atoms with van der Waals surface area (Å²) in [7, 11) is 3.17. The Morgan fingerprint density at radius 1 is 1.50 bits per heavy atom. The molecule has 0 saturated carbocycles. The molecule has 6 nitrogen and oxygen atoms in total. The fourth-order valence-corrected chi connectivity index (χ4v) is 3.26. The predicted octanol–water partition coefficient (Wildman–Crippen LogP) is 0.916. The van der Waals surface area contributed by atoms with Gasteiger partial charge < -0.3 is 14.5 Å². The molecular formula is C13H19N3O3S. The third-order valence-electron chi connectivity index (χ3n) is 3.53. The smallest absolute Gasteiger partial charge is 0.311 e. The van der Waals surface area contributed by atoms with Crippen molar-refractivity contribution in [3.8, 4) is 0 Å². The molecule has 7 heteroatoms. The van der Waals surface area contributed by atoms with E-state index in [0.717, 1.165) is 11.7 Å². The SMILES string of the molecule is COC(=O)Cc1csc(N2CCN(C)C(=O)C2(C)C)n1. The molecule has 0 unspecified atom stereocenters. The van der Waals surface area contributed by atoms with E-state index < -0.39 is 5.54 Å². The summed E-state index contributed by atoms with van der Waals surface area (Å²) in [5.74, 6) is -0.232. The first-order valence-electron chi connectivity index (χ1n) is 6.40. The summed E-state index contributed by atoms with van der Waals surface area (Å²) < 4.78 is 4.63. The van der Waals surface area contributed by atoms with Crippen molar-refractivity contribution >= 4 is 28.3 Å². The van der Waals surface area contributed by atoms with Gasteiger partial charge in [0.25, 0.3) is 0 Å². The van der Waals surface area contributed by atoms with Gasteiger partial charge in [-0.25, -0.2) is 4.98 Å². The molecule has 0 bridgehead atoms. The fraction of sp³-hybridized carbons (Fsp3) is 0.615. The fourth-order valence-electron chi connectivity index (χ4n) is 2.27. The predicted molar refractivity (Wildman–Crippen MR) is 76.9 cm³/mol. The summed E-state index contributed by atoms with van der Waals surface area (Å²) in [4.78, 5) is 31.7. The van der Waals surface area contributed by atoms with Crippen LogP contribution in [0.3, 0.4) is 0 Å². The van der Waals surface area contributed by atoms with Gasteiger partial charge in [0.15, 0.2) is 5.13 Å². The Labute approximate surface area is 122 Å². The van der Waals surface area contributed by atoms with Gasteiger partial charge in [0.05, 0.1) is 19.2 Å². The van der Waals surface area contributed by atoms with Crippen molar-refractivity contribution in [2.75, 3.05) is 32.1 Å². The van der Waals surface area contributed by atoms with Crippen molar-refractivity contribution in [2.45, 2.75) is 25.8 Å². The van der Waals surface area contributed by atoms with E-state index in [1.165, 1.54) is 18.4 Å². The highest BCUT2D eigenvalue weighted by molar-refractivity contribution is 7.13. The van der Waals surface area contributed by atoms with Crippen molar-refractivity contribution in [3.63, 3.8) is 0 Å². The van der Waals surface area contributed by atoms with E-state index in [9.17, 15) is 9.59 Å². The van der Waals surface area contributed by atoms with Gasteiger partial charge in [0.1, 0.15) is 5.54 Å². The Bertz CT molecular complexity index is 527. The van der Waals surface area contributed by atoms with E-state index in [1.807, 2.05) is 31.2 Å². The monoisotopic (exact) mass is 297 g/mol. The number of hydrogen-bond donors (Lipinski definition) is 0. The topological polar surface area (TPSA) is 62.7 Å². The normalized spacial score (nSPS) is 18.3. The first kappa shape index (κ1) is 14.8. The lowest BCUT2D eigenvalue weighted by atomic mass is 9.99. The van der Waals surface area contributed by atoms with Gasteiger partial charge in [0, 0.05) is 25.5 Å². The maximum Gasteiger partial charge on any atom is 0.311 e. The van der Waals surface area contributed by atoms with Crippen LogP contribution in [0.5, 0.6) is 0 Å². The second-order valence-corrected chi connectivity index (χ2v) is 6.15. The largest absolute Gasteiger partial charge is 0.469 e. The van der Waals surface area contributed by atoms with Crippen LogP contribution < -0.4 is 4.90 Å². The molecule has 20 heavy (non-hydrogen) atoms. The molecule has 1 aromatic rings. The number of ether oxygens (including phenoxy) is 1. The molecule has 0 aliphatic carbocycles. The highest BCUT2D eigenvalue weighted by Gasteiger charge is 2.41. The second-order valence-electron chi connectivity index (χ2n) is 5.31. The van der Waals surface area contributed by atoms with Gasteiger partial charge in [0.2, 0.25) is 5.91 Å². The number of rotatable bonds is 3. The lowest BCUT2D eigenvalue weighted by Crippen LogP contribution is -2.62. The summed E-state index contributed by atoms with van der Waals surface area (Å²) in [6.45, 7) is 5.20. The van der Waals surface area contributed by atoms with E-state index in [-0.39, 0.29) is 18.3 Å². The Hall–Kier alpha value is -1.63. The van der Waals surface area contributed by atoms with Crippen LogP contribution in [0, 0.1) is 0 Å². The standard InChI is InChI=1S/C13H19N3O3S/c1-13(2)11(18)15(3)5-6-16(13)12-14-9(8-20-12)7-10(17)19-4/h8H,5-7H2,1-4H3. The van der Waals surface area contributed by atoms with Gasteiger partial charge in [-0.15, -0.1) is 11.3 Å².